The summed E-state index contributed by atoms with van der Waals surface area (Å²) >= 11 is 0. The summed E-state index contributed by atoms with van der Waals surface area (Å²) in [5.41, 5.74) is 1.32. The Bertz CT molecular complexity index is 486. The Morgan fingerprint density at radius 1 is 1.30 bits per heavy atom. The summed E-state index contributed by atoms with van der Waals surface area (Å²) < 4.78 is 0. The molecule has 1 heterocycles. The van der Waals surface area contributed by atoms with Crippen molar-refractivity contribution in [1.82, 2.24) is 15.1 Å². The summed E-state index contributed by atoms with van der Waals surface area (Å²) in [5.74, 6) is 0. The monoisotopic (exact) mass is 320 g/mol. The normalized spacial score (nSPS) is 17.3. The zero-order chi connectivity index (χ0) is 16.7. The number of hydrogen-bond acceptors (Lipinski definition) is 5. The molecule has 0 aliphatic carbocycles. The number of nitro groups is 1. The smallest absolute Gasteiger partial charge is 0.269 e. The lowest BCUT2D eigenvalue weighted by atomic mass is 10.0. The molecule has 0 radical (unpaired) electrons. The average Bonchev–Trinajstić information content (AvgIpc) is 2.58. The van der Waals surface area contributed by atoms with Crippen LogP contribution in [0.4, 0.5) is 5.69 Å². The van der Waals surface area contributed by atoms with Crippen molar-refractivity contribution in [2.24, 2.45) is 0 Å². The summed E-state index contributed by atoms with van der Waals surface area (Å²) in [6, 6.07) is 7.34. The first-order valence-corrected chi connectivity index (χ1v) is 8.49. The fourth-order valence-electron chi connectivity index (χ4n) is 3.02. The lowest BCUT2D eigenvalue weighted by Gasteiger charge is -2.35. The Labute approximate surface area is 138 Å². The fourth-order valence-corrected chi connectivity index (χ4v) is 3.02. The summed E-state index contributed by atoms with van der Waals surface area (Å²) in [6.07, 6.45) is 2.34. The second kappa shape index (κ2) is 8.96. The predicted molar refractivity (Wildman–Crippen MR) is 92.7 cm³/mol. The molecular formula is C17H28N4O2. The maximum atomic E-state index is 10.9. The lowest BCUT2D eigenvalue weighted by Crippen LogP contribution is -2.47. The first kappa shape index (κ1) is 17.8. The molecule has 1 fully saturated rings. The van der Waals surface area contributed by atoms with Gasteiger partial charge in [0.25, 0.3) is 5.69 Å². The Morgan fingerprint density at radius 3 is 2.52 bits per heavy atom. The zero-order valence-corrected chi connectivity index (χ0v) is 14.2. The van der Waals surface area contributed by atoms with E-state index in [0.29, 0.717) is 0 Å². The van der Waals surface area contributed by atoms with Gasteiger partial charge in [0.05, 0.1) is 4.92 Å². The third-order valence-electron chi connectivity index (χ3n) is 4.53. The minimum absolute atomic E-state index is 0.158. The number of piperazine rings is 1. The predicted octanol–water partition coefficient (Wildman–Crippen LogP) is 2.27. The fraction of sp³-hybridized carbons (Fsp3) is 0.647. The maximum absolute atomic E-state index is 10.9. The van der Waals surface area contributed by atoms with Gasteiger partial charge in [-0.1, -0.05) is 25.5 Å². The average molecular weight is 320 g/mol. The highest BCUT2D eigenvalue weighted by Gasteiger charge is 2.22. The van der Waals surface area contributed by atoms with Gasteiger partial charge in [-0.05, 0) is 25.6 Å². The summed E-state index contributed by atoms with van der Waals surface area (Å²) in [5, 5.41) is 14.2. The molecule has 6 heteroatoms. The maximum Gasteiger partial charge on any atom is 0.269 e. The van der Waals surface area contributed by atoms with E-state index in [1.165, 1.54) is 12.8 Å². The molecule has 2 rings (SSSR count). The Morgan fingerprint density at radius 2 is 1.96 bits per heavy atom. The first-order valence-electron chi connectivity index (χ1n) is 8.49. The molecule has 1 aliphatic rings. The van der Waals surface area contributed by atoms with E-state index < -0.39 is 0 Å². The number of rotatable bonds is 8. The first-order chi connectivity index (χ1) is 11.1. The van der Waals surface area contributed by atoms with Crippen molar-refractivity contribution in [3.8, 4) is 0 Å². The highest BCUT2D eigenvalue weighted by atomic mass is 16.6. The van der Waals surface area contributed by atoms with E-state index in [1.54, 1.807) is 12.1 Å². The standard InChI is InChI=1S/C17H28N4O2/c1-3-4-11-19(2)17(14-20-12-9-18-10-13-20)15-5-7-16(8-6-15)21(22)23/h5-8,17-18H,3-4,9-14H2,1-2H3. The number of nitrogens with zero attached hydrogens (tertiary/aromatic N) is 3. The van der Waals surface area contributed by atoms with Crippen molar-refractivity contribution in [1.29, 1.82) is 0 Å². The molecule has 0 amide bonds. The van der Waals surface area contributed by atoms with Crippen molar-refractivity contribution >= 4 is 5.69 Å². The van der Waals surface area contributed by atoms with Crippen molar-refractivity contribution in [2.75, 3.05) is 46.3 Å². The highest BCUT2D eigenvalue weighted by molar-refractivity contribution is 5.34. The third-order valence-corrected chi connectivity index (χ3v) is 4.53. The van der Waals surface area contributed by atoms with Gasteiger partial charge < -0.3 is 5.32 Å². The van der Waals surface area contributed by atoms with Gasteiger partial charge in [0.2, 0.25) is 0 Å². The van der Waals surface area contributed by atoms with Crippen LogP contribution in [0.25, 0.3) is 0 Å². The highest BCUT2D eigenvalue weighted by Crippen LogP contribution is 2.24. The van der Waals surface area contributed by atoms with E-state index in [9.17, 15) is 10.1 Å². The summed E-state index contributed by atoms with van der Waals surface area (Å²) in [7, 11) is 2.16. The molecule has 1 unspecified atom stereocenters. The van der Waals surface area contributed by atoms with Crippen LogP contribution in [0.3, 0.4) is 0 Å². The van der Waals surface area contributed by atoms with E-state index in [2.05, 4.69) is 29.1 Å². The zero-order valence-electron chi connectivity index (χ0n) is 14.2. The Kier molecular flexibility index (Phi) is 6.95. The molecular weight excluding hydrogens is 292 g/mol. The van der Waals surface area contributed by atoms with Gasteiger partial charge in [0.15, 0.2) is 0 Å². The number of non-ortho nitro benzene ring substituents is 1. The summed E-state index contributed by atoms with van der Waals surface area (Å²) in [6.45, 7) is 8.41. The van der Waals surface area contributed by atoms with Crippen LogP contribution in [0.5, 0.6) is 0 Å². The van der Waals surface area contributed by atoms with E-state index in [4.69, 9.17) is 0 Å². The number of likely N-dealkylation sites (N-methyl/N-ethyl adjacent to an activating group) is 1. The molecule has 1 aromatic rings. The van der Waals surface area contributed by atoms with Crippen LogP contribution in [0.2, 0.25) is 0 Å². The van der Waals surface area contributed by atoms with Crippen molar-refractivity contribution in [2.45, 2.75) is 25.8 Å². The van der Waals surface area contributed by atoms with Crippen LogP contribution >= 0.6 is 0 Å². The summed E-state index contributed by atoms with van der Waals surface area (Å²) in [4.78, 5) is 15.4. The molecule has 1 aromatic carbocycles. The topological polar surface area (TPSA) is 61.6 Å². The van der Waals surface area contributed by atoms with Gasteiger partial charge in [-0.2, -0.15) is 0 Å². The van der Waals surface area contributed by atoms with Crippen LogP contribution in [0.15, 0.2) is 24.3 Å². The van der Waals surface area contributed by atoms with Gasteiger partial charge >= 0.3 is 0 Å². The van der Waals surface area contributed by atoms with E-state index in [-0.39, 0.29) is 16.7 Å². The SMILES string of the molecule is CCCCN(C)C(CN1CCNCC1)c1ccc([N+](=O)[O-])cc1. The minimum atomic E-state index is -0.337. The molecule has 0 bridgehead atoms. The van der Waals surface area contributed by atoms with Gasteiger partial charge in [-0.15, -0.1) is 0 Å². The molecule has 0 spiro atoms. The van der Waals surface area contributed by atoms with Crippen LogP contribution in [0, 0.1) is 10.1 Å². The molecule has 1 saturated heterocycles. The van der Waals surface area contributed by atoms with Gasteiger partial charge in [-0.3, -0.25) is 19.9 Å². The Balaban J connectivity index is 2.11. The molecule has 1 aliphatic heterocycles. The van der Waals surface area contributed by atoms with E-state index in [0.717, 1.165) is 44.8 Å². The minimum Gasteiger partial charge on any atom is -0.314 e. The van der Waals surface area contributed by atoms with Crippen LogP contribution in [-0.4, -0.2) is 61.0 Å². The van der Waals surface area contributed by atoms with Gasteiger partial charge in [0, 0.05) is 50.9 Å². The molecule has 1 atom stereocenters. The van der Waals surface area contributed by atoms with Crippen LogP contribution < -0.4 is 5.32 Å². The van der Waals surface area contributed by atoms with Crippen molar-refractivity contribution < 1.29 is 4.92 Å². The number of benzene rings is 1. The van der Waals surface area contributed by atoms with Crippen LogP contribution in [0.1, 0.15) is 31.4 Å². The molecule has 6 nitrogen and oxygen atoms in total. The van der Waals surface area contributed by atoms with Crippen molar-refractivity contribution in [3.05, 3.63) is 39.9 Å². The molecule has 0 saturated carbocycles. The number of unbranched alkanes of at least 4 members (excludes halogenated alkanes) is 1. The molecule has 1 N–H and O–H groups in total. The third kappa shape index (κ3) is 5.27. The van der Waals surface area contributed by atoms with Gasteiger partial charge in [0.1, 0.15) is 0 Å². The number of nitrogens with one attached hydrogen (secondary N) is 1. The van der Waals surface area contributed by atoms with Crippen LogP contribution in [-0.2, 0) is 0 Å². The number of hydrogen-bond donors (Lipinski definition) is 1. The van der Waals surface area contributed by atoms with E-state index >= 15 is 0 Å². The molecule has 23 heavy (non-hydrogen) atoms. The lowest BCUT2D eigenvalue weighted by molar-refractivity contribution is -0.384. The second-order valence-corrected chi connectivity index (χ2v) is 6.25. The quantitative estimate of drug-likeness (QED) is 0.588. The molecule has 128 valence electrons. The van der Waals surface area contributed by atoms with Crippen molar-refractivity contribution in [3.63, 3.8) is 0 Å². The second-order valence-electron chi connectivity index (χ2n) is 6.25. The largest absolute Gasteiger partial charge is 0.314 e. The Hall–Kier alpha value is -1.50. The molecule has 0 aromatic heterocycles. The van der Waals surface area contributed by atoms with E-state index in [1.807, 2.05) is 12.1 Å². The number of nitro benzene ring substituents is 1. The van der Waals surface area contributed by atoms with Gasteiger partial charge in [-0.25, -0.2) is 0 Å².